The van der Waals surface area contributed by atoms with Crippen molar-refractivity contribution in [2.24, 2.45) is 0 Å². The Morgan fingerprint density at radius 3 is 2.78 bits per heavy atom. The van der Waals surface area contributed by atoms with E-state index in [-0.39, 0.29) is 24.1 Å². The van der Waals surface area contributed by atoms with Crippen molar-refractivity contribution in [1.29, 1.82) is 0 Å². The third kappa shape index (κ3) is 3.75. The minimum Gasteiger partial charge on any atom is -0.461 e. The van der Waals surface area contributed by atoms with Gasteiger partial charge in [0.15, 0.2) is 0 Å². The number of amides is 1. The van der Waals surface area contributed by atoms with Crippen molar-refractivity contribution in [3.8, 4) is 0 Å². The molecule has 1 saturated carbocycles. The largest absolute Gasteiger partial charge is 0.461 e. The molecule has 0 spiro atoms. The number of carbonyl (C=O) groups is 2. The van der Waals surface area contributed by atoms with Crippen LogP contribution < -0.4 is 0 Å². The molecule has 1 aliphatic carbocycles. The van der Waals surface area contributed by atoms with Crippen LogP contribution in [-0.4, -0.2) is 48.7 Å². The van der Waals surface area contributed by atoms with Crippen LogP contribution in [-0.2, 0) is 14.3 Å². The maximum absolute atomic E-state index is 12.5. The molecule has 0 radical (unpaired) electrons. The van der Waals surface area contributed by atoms with E-state index in [1.54, 1.807) is 18.1 Å². The Morgan fingerprint density at radius 1 is 1.22 bits per heavy atom. The van der Waals surface area contributed by atoms with Crippen LogP contribution in [0.25, 0.3) is 0 Å². The van der Waals surface area contributed by atoms with E-state index in [9.17, 15) is 9.59 Å². The third-order valence-electron chi connectivity index (χ3n) is 4.71. The van der Waals surface area contributed by atoms with Crippen molar-refractivity contribution >= 4 is 23.2 Å². The topological polar surface area (TPSA) is 55.8 Å². The van der Waals surface area contributed by atoms with Gasteiger partial charge in [0.1, 0.15) is 12.1 Å². The van der Waals surface area contributed by atoms with Crippen LogP contribution >= 0.6 is 11.3 Å². The second kappa shape index (κ2) is 7.45. The number of ether oxygens (including phenoxy) is 2. The van der Waals surface area contributed by atoms with Gasteiger partial charge in [-0.3, -0.25) is 4.79 Å². The Balaban J connectivity index is 1.61. The summed E-state index contributed by atoms with van der Waals surface area (Å²) in [5, 5.41) is 1.88. The molecular formula is C17H23NO4S. The number of rotatable bonds is 4. The van der Waals surface area contributed by atoms with Gasteiger partial charge in [0.25, 0.3) is 5.91 Å². The number of likely N-dealkylation sites (tertiary alicyclic amines) is 1. The third-order valence-corrected chi connectivity index (χ3v) is 5.57. The van der Waals surface area contributed by atoms with Crippen molar-refractivity contribution in [2.75, 3.05) is 13.7 Å². The molecule has 0 bridgehead atoms. The zero-order chi connectivity index (χ0) is 16.2. The lowest BCUT2D eigenvalue weighted by atomic mass is 9.95. The molecule has 5 nitrogen and oxygen atoms in total. The highest BCUT2D eigenvalue weighted by Gasteiger charge is 2.37. The Bertz CT molecular complexity index is 545. The van der Waals surface area contributed by atoms with E-state index in [4.69, 9.17) is 9.47 Å². The zero-order valence-electron chi connectivity index (χ0n) is 13.4. The molecule has 6 heteroatoms. The van der Waals surface area contributed by atoms with Gasteiger partial charge in [-0.15, -0.1) is 11.3 Å². The Hall–Kier alpha value is -1.40. The number of nitrogens with zero attached hydrogens (tertiary/aromatic N) is 1. The normalized spacial score (nSPS) is 27.9. The molecule has 0 N–H and O–H groups in total. The molecule has 1 saturated heterocycles. The molecule has 126 valence electrons. The van der Waals surface area contributed by atoms with Crippen LogP contribution in [0.5, 0.6) is 0 Å². The molecule has 2 heterocycles. The molecule has 2 fully saturated rings. The number of carbonyl (C=O) groups excluding carboxylic acids is 2. The number of thiophene rings is 1. The predicted octanol–water partition coefficient (Wildman–Crippen LogP) is 2.85. The van der Waals surface area contributed by atoms with E-state index in [0.29, 0.717) is 17.8 Å². The molecule has 23 heavy (non-hydrogen) atoms. The van der Waals surface area contributed by atoms with Crippen molar-refractivity contribution in [3.05, 3.63) is 22.4 Å². The van der Waals surface area contributed by atoms with Gasteiger partial charge in [-0.25, -0.2) is 4.79 Å². The van der Waals surface area contributed by atoms with Crippen LogP contribution in [0.3, 0.4) is 0 Å². The van der Waals surface area contributed by atoms with Gasteiger partial charge >= 0.3 is 5.97 Å². The quantitative estimate of drug-likeness (QED) is 0.793. The first-order chi connectivity index (χ1) is 11.2. The number of hydrogen-bond donors (Lipinski definition) is 0. The molecule has 3 atom stereocenters. The average Bonchev–Trinajstić information content (AvgIpc) is 3.25. The molecule has 1 amide bonds. The lowest BCUT2D eigenvalue weighted by Gasteiger charge is -2.30. The highest BCUT2D eigenvalue weighted by atomic mass is 32.1. The fourth-order valence-electron chi connectivity index (χ4n) is 3.46. The molecular weight excluding hydrogens is 314 g/mol. The summed E-state index contributed by atoms with van der Waals surface area (Å²) >= 11 is 1.41. The summed E-state index contributed by atoms with van der Waals surface area (Å²) in [6.45, 7) is 0.627. The summed E-state index contributed by atoms with van der Waals surface area (Å²) in [6.07, 6.45) is 5.31. The van der Waals surface area contributed by atoms with E-state index < -0.39 is 6.04 Å². The molecule has 1 aliphatic heterocycles. The van der Waals surface area contributed by atoms with E-state index >= 15 is 0 Å². The smallest absolute Gasteiger partial charge is 0.329 e. The summed E-state index contributed by atoms with van der Waals surface area (Å²) in [7, 11) is 1.70. The predicted molar refractivity (Wildman–Crippen MR) is 87.5 cm³/mol. The minimum absolute atomic E-state index is 0.0575. The summed E-state index contributed by atoms with van der Waals surface area (Å²) in [4.78, 5) is 27.4. The molecule has 1 aromatic heterocycles. The van der Waals surface area contributed by atoms with E-state index in [0.717, 1.165) is 32.1 Å². The second-order valence-electron chi connectivity index (χ2n) is 6.22. The standard InChI is InChI=1S/C17H23NO4S/c1-21-12-5-2-6-13(11-12)22-17(20)14-7-3-9-18(14)16(19)15-8-4-10-23-15/h4,8,10,12-14H,2-3,5-7,9,11H2,1H3/t12-,13-,14-/m1/s1. The van der Waals surface area contributed by atoms with Crippen LogP contribution in [0.4, 0.5) is 0 Å². The van der Waals surface area contributed by atoms with Crippen LogP contribution in [0, 0.1) is 0 Å². The molecule has 0 unspecified atom stereocenters. The number of methoxy groups -OCH3 is 1. The fourth-order valence-corrected chi connectivity index (χ4v) is 4.14. The van der Waals surface area contributed by atoms with Crippen molar-refractivity contribution < 1.29 is 19.1 Å². The zero-order valence-corrected chi connectivity index (χ0v) is 14.2. The van der Waals surface area contributed by atoms with Gasteiger partial charge in [0, 0.05) is 20.1 Å². The van der Waals surface area contributed by atoms with Gasteiger partial charge in [-0.05, 0) is 43.6 Å². The van der Waals surface area contributed by atoms with Gasteiger partial charge in [-0.2, -0.15) is 0 Å². The summed E-state index contributed by atoms with van der Waals surface area (Å²) in [5.41, 5.74) is 0. The molecule has 3 rings (SSSR count). The average molecular weight is 337 g/mol. The van der Waals surface area contributed by atoms with E-state index in [2.05, 4.69) is 0 Å². The van der Waals surface area contributed by atoms with Gasteiger partial charge in [0.05, 0.1) is 11.0 Å². The highest BCUT2D eigenvalue weighted by Crippen LogP contribution is 2.27. The first-order valence-corrected chi connectivity index (χ1v) is 9.14. The number of esters is 1. The lowest BCUT2D eigenvalue weighted by Crippen LogP contribution is -2.43. The van der Waals surface area contributed by atoms with Gasteiger partial charge in [0.2, 0.25) is 0 Å². The van der Waals surface area contributed by atoms with Crippen LogP contribution in [0.1, 0.15) is 48.2 Å². The van der Waals surface area contributed by atoms with Crippen molar-refractivity contribution in [2.45, 2.75) is 56.8 Å². The second-order valence-corrected chi connectivity index (χ2v) is 7.16. The molecule has 0 aromatic carbocycles. The highest BCUT2D eigenvalue weighted by molar-refractivity contribution is 7.12. The Morgan fingerprint density at radius 2 is 2.04 bits per heavy atom. The maximum Gasteiger partial charge on any atom is 0.329 e. The first-order valence-electron chi connectivity index (χ1n) is 8.27. The molecule has 1 aromatic rings. The van der Waals surface area contributed by atoms with Gasteiger partial charge in [-0.1, -0.05) is 6.07 Å². The summed E-state index contributed by atoms with van der Waals surface area (Å²) in [5.74, 6) is -0.313. The monoisotopic (exact) mass is 337 g/mol. The fraction of sp³-hybridized carbons (Fsp3) is 0.647. The van der Waals surface area contributed by atoms with E-state index in [1.807, 2.05) is 11.4 Å². The van der Waals surface area contributed by atoms with Crippen LogP contribution in [0.2, 0.25) is 0 Å². The Labute approximate surface area is 140 Å². The van der Waals surface area contributed by atoms with Crippen LogP contribution in [0.15, 0.2) is 17.5 Å². The lowest BCUT2D eigenvalue weighted by molar-refractivity contribution is -0.157. The van der Waals surface area contributed by atoms with Crippen molar-refractivity contribution in [1.82, 2.24) is 4.90 Å². The van der Waals surface area contributed by atoms with Gasteiger partial charge < -0.3 is 14.4 Å². The Kier molecular flexibility index (Phi) is 5.33. The SMILES string of the molecule is CO[C@@H]1CCC[C@@H](OC(=O)[C@H]2CCCN2C(=O)c2cccs2)C1. The minimum atomic E-state index is -0.437. The number of hydrogen-bond acceptors (Lipinski definition) is 5. The first kappa shape index (κ1) is 16.5. The molecule has 2 aliphatic rings. The summed E-state index contributed by atoms with van der Waals surface area (Å²) in [6, 6.07) is 3.22. The van der Waals surface area contributed by atoms with E-state index in [1.165, 1.54) is 11.3 Å². The van der Waals surface area contributed by atoms with Crippen molar-refractivity contribution in [3.63, 3.8) is 0 Å². The summed E-state index contributed by atoms with van der Waals surface area (Å²) < 4.78 is 11.1. The maximum atomic E-state index is 12.5.